The van der Waals surface area contributed by atoms with Crippen LogP contribution < -0.4 is 4.52 Å². The first kappa shape index (κ1) is 43.1. The van der Waals surface area contributed by atoms with E-state index >= 15 is 0 Å². The number of hydrogen-bond donors (Lipinski definition) is 0. The molecule has 4 atom stereocenters. The Hall–Kier alpha value is -6.45. The molecular formula is C57H51N2O7P. The predicted octanol–water partition coefficient (Wildman–Crippen LogP) is 12.2. The minimum atomic E-state index is -2.23. The molecule has 0 amide bonds. The molecule has 9 nitrogen and oxygen atoms in total. The van der Waals surface area contributed by atoms with Crippen LogP contribution in [0.15, 0.2) is 216 Å². The third-order valence-electron chi connectivity index (χ3n) is 13.0. The summed E-state index contributed by atoms with van der Waals surface area (Å²) in [7, 11) is -2.23. The molecule has 2 fully saturated rings. The molecule has 0 N–H and O–H groups in total. The number of aliphatic imine (C=N–C) groups is 2. The molecule has 0 bridgehead atoms. The molecule has 7 aromatic carbocycles. The Morgan fingerprint density at radius 1 is 0.493 bits per heavy atom. The molecule has 4 aliphatic rings. The Morgan fingerprint density at radius 2 is 0.851 bits per heavy atom. The van der Waals surface area contributed by atoms with E-state index in [1.54, 1.807) is 0 Å². The van der Waals surface area contributed by atoms with Gasteiger partial charge in [-0.15, -0.1) is 0 Å². The van der Waals surface area contributed by atoms with E-state index in [0.29, 0.717) is 37.2 Å². The van der Waals surface area contributed by atoms with E-state index in [1.165, 1.54) is 0 Å². The van der Waals surface area contributed by atoms with Crippen LogP contribution in [0.3, 0.4) is 0 Å². The molecule has 0 aromatic heterocycles. The molecule has 4 heterocycles. The predicted molar refractivity (Wildman–Crippen MR) is 260 cm³/mol. The first-order chi connectivity index (χ1) is 32.9. The summed E-state index contributed by atoms with van der Waals surface area (Å²) in [5.41, 5.74) is 4.29. The molecule has 7 aromatic rings. The van der Waals surface area contributed by atoms with E-state index in [2.05, 4.69) is 84.9 Å². The summed E-state index contributed by atoms with van der Waals surface area (Å²) in [6.07, 6.45) is -0.882. The molecule has 0 saturated carbocycles. The number of fused-ring (bicyclic) bond motifs is 1. The highest BCUT2D eigenvalue weighted by atomic mass is 31.2. The van der Waals surface area contributed by atoms with Crippen molar-refractivity contribution >= 4 is 20.4 Å². The van der Waals surface area contributed by atoms with Gasteiger partial charge in [0.25, 0.3) is 0 Å². The van der Waals surface area contributed by atoms with Crippen molar-refractivity contribution in [1.82, 2.24) is 0 Å². The third-order valence-corrected chi connectivity index (χ3v) is 14.2. The van der Waals surface area contributed by atoms with Crippen molar-refractivity contribution in [3.8, 4) is 5.75 Å². The van der Waals surface area contributed by atoms with Crippen LogP contribution in [0.5, 0.6) is 5.75 Å². The van der Waals surface area contributed by atoms with E-state index in [4.69, 9.17) is 42.5 Å². The molecule has 4 aliphatic heterocycles. The third kappa shape index (κ3) is 8.37. The van der Waals surface area contributed by atoms with Crippen molar-refractivity contribution in [2.75, 3.05) is 13.2 Å². The van der Waals surface area contributed by atoms with Crippen molar-refractivity contribution in [1.29, 1.82) is 0 Å². The zero-order valence-electron chi connectivity index (χ0n) is 37.3. The number of nitrogens with zero attached hydrogens (tertiary/aromatic N) is 2. The number of benzene rings is 7. The summed E-state index contributed by atoms with van der Waals surface area (Å²) in [5.74, 6) is 0.489. The van der Waals surface area contributed by atoms with E-state index in [-0.39, 0.29) is 18.0 Å². The van der Waals surface area contributed by atoms with Crippen LogP contribution in [-0.2, 0) is 45.6 Å². The SMILES string of the molecule is CC1(C)O[C@@H]2[C@@H](O1)C(c1ccccc1)(c1ccccc1)OP(Oc1ccc(CC(C3=N[C@H](c4ccccc4)CO3)C3=N[C@H](c4ccccc4)CO3)cc1)OC2(c1ccccc1)c1ccccc1. The Kier molecular flexibility index (Phi) is 11.8. The number of rotatable bonds is 12. The second-order valence-electron chi connectivity index (χ2n) is 17.7. The van der Waals surface area contributed by atoms with Crippen molar-refractivity contribution < 1.29 is 32.5 Å². The van der Waals surface area contributed by atoms with Gasteiger partial charge in [0.2, 0.25) is 0 Å². The van der Waals surface area contributed by atoms with Gasteiger partial charge in [-0.1, -0.05) is 194 Å². The lowest BCUT2D eigenvalue weighted by molar-refractivity contribution is -0.175. The average molecular weight is 907 g/mol. The van der Waals surface area contributed by atoms with Crippen LogP contribution in [0.25, 0.3) is 0 Å². The van der Waals surface area contributed by atoms with Gasteiger partial charge in [0, 0.05) is 0 Å². The second-order valence-corrected chi connectivity index (χ2v) is 18.7. The average Bonchev–Trinajstić information content (AvgIpc) is 4.15. The standard InChI is InChI=1S/C57H51N2O7P/c1-55(2)62-51-52(63-55)57(45-29-17-7-18-30-45,46-31-19-8-20-32-46)66-67(65-56(51,43-25-13-5-14-26-43)44-27-15-6-16-28-44)64-47-35-33-40(34-36-47)37-48(53-58-49(38-60-53)41-21-9-3-10-22-41)54-59-50(39-61-54)42-23-11-4-12-24-42/h3-36,48-52H,37-39H2,1-2H3/t49-,50-,51+,52+/m0/s1. The highest BCUT2D eigenvalue weighted by Crippen LogP contribution is 2.64. The maximum Gasteiger partial charge on any atom is 0.399 e. The van der Waals surface area contributed by atoms with Crippen molar-refractivity contribution in [2.45, 2.75) is 61.5 Å². The van der Waals surface area contributed by atoms with Crippen LogP contribution in [0.2, 0.25) is 0 Å². The topological polar surface area (TPSA) is 89.3 Å². The Morgan fingerprint density at radius 3 is 1.22 bits per heavy atom. The van der Waals surface area contributed by atoms with Gasteiger partial charge in [0.1, 0.15) is 49.2 Å². The van der Waals surface area contributed by atoms with Crippen LogP contribution in [0.1, 0.15) is 64.9 Å². The van der Waals surface area contributed by atoms with E-state index < -0.39 is 37.8 Å². The molecule has 0 radical (unpaired) electrons. The summed E-state index contributed by atoms with van der Waals surface area (Å²) in [6, 6.07) is 69.2. The molecule has 0 spiro atoms. The molecular weight excluding hydrogens is 856 g/mol. The van der Waals surface area contributed by atoms with Gasteiger partial charge in [-0.3, -0.25) is 9.05 Å². The lowest BCUT2D eigenvalue weighted by Crippen LogP contribution is -2.53. The fraction of sp³-hybridized carbons (Fsp3) is 0.228. The smallest absolute Gasteiger partial charge is 0.399 e. The largest absolute Gasteiger partial charge is 0.478 e. The summed E-state index contributed by atoms with van der Waals surface area (Å²) in [4.78, 5) is 10.2. The molecule has 11 rings (SSSR count). The van der Waals surface area contributed by atoms with Crippen molar-refractivity contribution in [3.63, 3.8) is 0 Å². The molecule has 0 aliphatic carbocycles. The Labute approximate surface area is 393 Å². The first-order valence-electron chi connectivity index (χ1n) is 22.9. The zero-order valence-corrected chi connectivity index (χ0v) is 38.2. The van der Waals surface area contributed by atoms with E-state index in [9.17, 15) is 0 Å². The van der Waals surface area contributed by atoms with Crippen LogP contribution in [0, 0.1) is 5.92 Å². The minimum Gasteiger partial charge on any atom is -0.478 e. The van der Waals surface area contributed by atoms with Gasteiger partial charge < -0.3 is 23.5 Å². The van der Waals surface area contributed by atoms with Gasteiger partial charge in [0.05, 0.1) is 0 Å². The van der Waals surface area contributed by atoms with Crippen LogP contribution in [0.4, 0.5) is 0 Å². The van der Waals surface area contributed by atoms with Crippen LogP contribution in [-0.4, -0.2) is 43.0 Å². The highest BCUT2D eigenvalue weighted by molar-refractivity contribution is 7.42. The fourth-order valence-corrected chi connectivity index (χ4v) is 11.3. The number of ether oxygens (including phenoxy) is 4. The summed E-state index contributed by atoms with van der Waals surface area (Å²) in [6.45, 7) is 4.82. The summed E-state index contributed by atoms with van der Waals surface area (Å²) < 4.78 is 49.2. The molecule has 2 saturated heterocycles. The summed E-state index contributed by atoms with van der Waals surface area (Å²) >= 11 is 0. The molecule has 10 heteroatoms. The van der Waals surface area contributed by atoms with Gasteiger partial charge >= 0.3 is 8.60 Å². The van der Waals surface area contributed by atoms with Gasteiger partial charge in [-0.2, -0.15) is 0 Å². The number of hydrogen-bond acceptors (Lipinski definition) is 9. The maximum atomic E-state index is 7.55. The Balaban J connectivity index is 0.981. The van der Waals surface area contributed by atoms with E-state index in [0.717, 1.165) is 38.9 Å². The monoisotopic (exact) mass is 906 g/mol. The lowest BCUT2D eigenvalue weighted by Gasteiger charge is -2.41. The summed E-state index contributed by atoms with van der Waals surface area (Å²) in [5, 5.41) is 0. The second kappa shape index (κ2) is 18.3. The maximum absolute atomic E-state index is 7.55. The first-order valence-corrected chi connectivity index (χ1v) is 24.0. The molecule has 67 heavy (non-hydrogen) atoms. The van der Waals surface area contributed by atoms with Crippen LogP contribution >= 0.6 is 8.60 Å². The molecule has 0 unspecified atom stereocenters. The highest BCUT2D eigenvalue weighted by Gasteiger charge is 2.67. The zero-order chi connectivity index (χ0) is 45.3. The minimum absolute atomic E-state index is 0.109. The van der Waals surface area contributed by atoms with Gasteiger partial charge in [-0.05, 0) is 71.3 Å². The van der Waals surface area contributed by atoms with Crippen molar-refractivity contribution in [3.05, 3.63) is 245 Å². The lowest BCUT2D eigenvalue weighted by atomic mass is 9.72. The van der Waals surface area contributed by atoms with Crippen molar-refractivity contribution in [2.24, 2.45) is 15.9 Å². The normalized spacial score (nSPS) is 22.7. The molecule has 336 valence electrons. The van der Waals surface area contributed by atoms with E-state index in [1.807, 2.05) is 135 Å². The fourth-order valence-electron chi connectivity index (χ4n) is 9.84. The van der Waals surface area contributed by atoms with Gasteiger partial charge in [-0.25, -0.2) is 9.98 Å². The quantitative estimate of drug-likeness (QED) is 0.113. The van der Waals surface area contributed by atoms with Gasteiger partial charge in [0.15, 0.2) is 28.8 Å². The Bertz CT molecular complexity index is 2570.